The van der Waals surface area contributed by atoms with Crippen molar-refractivity contribution in [2.45, 2.75) is 18.9 Å². The van der Waals surface area contributed by atoms with E-state index in [1.165, 1.54) is 0 Å². The van der Waals surface area contributed by atoms with Crippen molar-refractivity contribution in [2.24, 2.45) is 4.99 Å². The van der Waals surface area contributed by atoms with Gasteiger partial charge in [-0.2, -0.15) is 10.4 Å². The molecule has 0 unspecified atom stereocenters. The molecule has 0 saturated heterocycles. The second kappa shape index (κ2) is 7.84. The Bertz CT molecular complexity index is 1090. The van der Waals surface area contributed by atoms with Crippen molar-refractivity contribution >= 4 is 40.6 Å². The topological polar surface area (TPSA) is 66.0 Å². The Labute approximate surface area is 177 Å². The van der Waals surface area contributed by atoms with Crippen LogP contribution in [0.3, 0.4) is 0 Å². The lowest BCUT2D eigenvalue weighted by Gasteiger charge is -2.10. The molecule has 8 heteroatoms. The van der Waals surface area contributed by atoms with Gasteiger partial charge in [-0.1, -0.05) is 46.9 Å². The predicted molar refractivity (Wildman–Crippen MR) is 112 cm³/mol. The van der Waals surface area contributed by atoms with E-state index in [9.17, 15) is 0 Å². The molecule has 1 N–H and O–H groups in total. The van der Waals surface area contributed by atoms with Gasteiger partial charge in [0.15, 0.2) is 12.0 Å². The average Bonchev–Trinajstić information content (AvgIpc) is 3.38. The highest BCUT2D eigenvalue weighted by Gasteiger charge is 2.23. The summed E-state index contributed by atoms with van der Waals surface area (Å²) in [6, 6.07) is 14.8. The average molecular weight is 431 g/mol. The summed E-state index contributed by atoms with van der Waals surface area (Å²) in [6.07, 6.45) is 3.98. The normalized spacial score (nSPS) is 14.0. The molecule has 0 bridgehead atoms. The summed E-state index contributed by atoms with van der Waals surface area (Å²) in [4.78, 5) is 4.57. The number of aromatic nitrogens is 2. The molecule has 0 radical (unpaired) electrons. The van der Waals surface area contributed by atoms with E-state index in [-0.39, 0.29) is 6.04 Å². The Hall–Kier alpha value is -2.52. The second-order valence-electron chi connectivity index (χ2n) is 6.37. The number of nitriles is 1. The number of aliphatic imine (C=N–C) groups is 1. The van der Waals surface area contributed by atoms with Crippen LogP contribution in [0.5, 0.6) is 0 Å². The highest BCUT2D eigenvalue weighted by Crippen LogP contribution is 2.31. The van der Waals surface area contributed by atoms with Crippen LogP contribution in [0.1, 0.15) is 18.5 Å². The maximum atomic E-state index is 9.12. The fourth-order valence-corrected chi connectivity index (χ4v) is 3.38. The minimum Gasteiger partial charge on any atom is -0.275 e. The molecule has 1 saturated carbocycles. The van der Waals surface area contributed by atoms with Crippen molar-refractivity contribution in [1.82, 2.24) is 15.1 Å². The number of nitrogens with one attached hydrogen (secondary N) is 1. The maximum absolute atomic E-state index is 9.12. The van der Waals surface area contributed by atoms with Crippen molar-refractivity contribution in [1.29, 1.82) is 5.26 Å². The fourth-order valence-electron chi connectivity index (χ4n) is 2.76. The molecule has 1 aliphatic carbocycles. The molecule has 0 aliphatic heterocycles. The van der Waals surface area contributed by atoms with Gasteiger partial charge in [0.1, 0.15) is 5.69 Å². The molecule has 28 heavy (non-hydrogen) atoms. The van der Waals surface area contributed by atoms with Crippen LogP contribution in [0.15, 0.2) is 53.5 Å². The lowest BCUT2D eigenvalue weighted by atomic mass is 10.1. The smallest absolute Gasteiger partial charge is 0.182 e. The zero-order valence-corrected chi connectivity index (χ0v) is 16.8. The highest BCUT2D eigenvalue weighted by atomic mass is 35.5. The largest absolute Gasteiger partial charge is 0.275 e. The first-order valence-corrected chi connectivity index (χ1v) is 9.73. The summed E-state index contributed by atoms with van der Waals surface area (Å²) in [6.45, 7) is 0. The van der Waals surface area contributed by atoms with E-state index in [2.05, 4.69) is 15.4 Å². The molecule has 140 valence electrons. The van der Waals surface area contributed by atoms with Crippen LogP contribution < -0.4 is 5.32 Å². The first-order chi connectivity index (χ1) is 13.5. The van der Waals surface area contributed by atoms with Gasteiger partial charge in [-0.05, 0) is 49.2 Å². The molecule has 1 aromatic heterocycles. The zero-order chi connectivity index (χ0) is 19.7. The third-order valence-corrected chi connectivity index (χ3v) is 5.05. The number of rotatable bonds is 4. The molecule has 0 spiro atoms. The maximum Gasteiger partial charge on any atom is 0.182 e. The number of nitrogens with zero attached hydrogens (tertiary/aromatic N) is 4. The minimum absolute atomic E-state index is 0.235. The lowest BCUT2D eigenvalue weighted by molar-refractivity contribution is 0.878. The number of amidine groups is 1. The highest BCUT2D eigenvalue weighted by molar-refractivity contribution is 6.35. The molecule has 1 heterocycles. The monoisotopic (exact) mass is 429 g/mol. The molecular weight excluding hydrogens is 417 g/mol. The second-order valence-corrected chi connectivity index (χ2v) is 7.66. The van der Waals surface area contributed by atoms with Crippen molar-refractivity contribution in [3.8, 4) is 23.1 Å². The van der Waals surface area contributed by atoms with Gasteiger partial charge in [0, 0.05) is 15.6 Å². The van der Waals surface area contributed by atoms with Gasteiger partial charge in [0.2, 0.25) is 0 Å². The molecule has 1 aliphatic rings. The van der Waals surface area contributed by atoms with Crippen LogP contribution in [0.4, 0.5) is 0 Å². The third kappa shape index (κ3) is 4.00. The molecule has 0 atom stereocenters. The number of hydrogen-bond acceptors (Lipinski definition) is 3. The van der Waals surface area contributed by atoms with Crippen LogP contribution in [0, 0.1) is 11.5 Å². The Morgan fingerprint density at radius 3 is 2.43 bits per heavy atom. The van der Waals surface area contributed by atoms with Crippen LogP contribution in [0.2, 0.25) is 15.1 Å². The summed E-state index contributed by atoms with van der Waals surface area (Å²) in [5, 5.41) is 18.1. The van der Waals surface area contributed by atoms with Gasteiger partial charge in [0.25, 0.3) is 0 Å². The summed E-state index contributed by atoms with van der Waals surface area (Å²) < 4.78 is 1.72. The molecule has 3 aromatic rings. The van der Waals surface area contributed by atoms with E-state index in [4.69, 9.17) is 40.1 Å². The van der Waals surface area contributed by atoms with Crippen molar-refractivity contribution < 1.29 is 0 Å². The third-order valence-electron chi connectivity index (χ3n) is 4.26. The van der Waals surface area contributed by atoms with Gasteiger partial charge in [-0.3, -0.25) is 10.3 Å². The van der Waals surface area contributed by atoms with E-state index < -0.39 is 0 Å². The minimum atomic E-state index is 0.235. The van der Waals surface area contributed by atoms with E-state index in [1.54, 1.807) is 22.9 Å². The molecule has 1 fully saturated rings. The van der Waals surface area contributed by atoms with Gasteiger partial charge in [0.05, 0.1) is 22.4 Å². The zero-order valence-electron chi connectivity index (χ0n) is 14.5. The van der Waals surface area contributed by atoms with E-state index in [1.807, 2.05) is 36.5 Å². The Morgan fingerprint density at radius 2 is 1.79 bits per heavy atom. The molecular formula is C20H14Cl3N5. The molecule has 2 aromatic carbocycles. The first kappa shape index (κ1) is 18.8. The lowest BCUT2D eigenvalue weighted by Crippen LogP contribution is -2.20. The van der Waals surface area contributed by atoms with Crippen LogP contribution in [0.25, 0.3) is 16.9 Å². The van der Waals surface area contributed by atoms with Crippen molar-refractivity contribution in [3.63, 3.8) is 0 Å². The van der Waals surface area contributed by atoms with Gasteiger partial charge in [-0.25, -0.2) is 4.68 Å². The summed E-state index contributed by atoms with van der Waals surface area (Å²) in [5.41, 5.74) is 2.92. The van der Waals surface area contributed by atoms with Crippen LogP contribution in [-0.2, 0) is 0 Å². The standard InChI is InChI=1S/C20H14Cl3N5/c21-13-3-1-12(2-4-13)19-10-17(20(25-11-24)26-15-6-7-15)27-28(19)18-8-5-14(22)9-16(18)23/h1-5,8-10,15H,6-7H2,(H,25,26). The molecule has 0 amide bonds. The molecule has 5 nitrogen and oxygen atoms in total. The number of benzene rings is 2. The molecule has 4 rings (SSSR count). The summed E-state index contributed by atoms with van der Waals surface area (Å²) in [7, 11) is 0. The quantitative estimate of drug-likeness (QED) is 0.258. The predicted octanol–water partition coefficient (Wildman–Crippen LogP) is 5.48. The van der Waals surface area contributed by atoms with E-state index >= 15 is 0 Å². The first-order valence-electron chi connectivity index (χ1n) is 8.60. The van der Waals surface area contributed by atoms with Crippen molar-refractivity contribution in [2.75, 3.05) is 0 Å². The van der Waals surface area contributed by atoms with E-state index in [0.717, 1.165) is 24.1 Å². The van der Waals surface area contributed by atoms with E-state index in [0.29, 0.717) is 32.3 Å². The van der Waals surface area contributed by atoms with Crippen LogP contribution >= 0.6 is 34.8 Å². The summed E-state index contributed by atoms with van der Waals surface area (Å²) >= 11 is 18.5. The van der Waals surface area contributed by atoms with Gasteiger partial charge < -0.3 is 0 Å². The van der Waals surface area contributed by atoms with Crippen LogP contribution in [-0.4, -0.2) is 21.7 Å². The van der Waals surface area contributed by atoms with Crippen molar-refractivity contribution in [3.05, 3.63) is 69.3 Å². The van der Waals surface area contributed by atoms with Gasteiger partial charge in [-0.15, -0.1) is 0 Å². The Morgan fingerprint density at radius 1 is 1.07 bits per heavy atom. The SMILES string of the molecule is N#CNC(=NC1CC1)c1cc(-c2ccc(Cl)cc2)n(-c2ccc(Cl)cc2Cl)n1. The Balaban J connectivity index is 1.88. The Kier molecular flexibility index (Phi) is 5.27. The summed E-state index contributed by atoms with van der Waals surface area (Å²) in [5.74, 6) is 0.448. The van der Waals surface area contributed by atoms with Gasteiger partial charge >= 0.3 is 0 Å². The number of hydrogen-bond donors (Lipinski definition) is 1. The number of halogens is 3. The fraction of sp³-hybridized carbons (Fsp3) is 0.150.